The molecule has 0 amide bonds. The van der Waals surface area contributed by atoms with Crippen LogP contribution in [-0.2, 0) is 4.74 Å². The highest BCUT2D eigenvalue weighted by Crippen LogP contribution is 2.32. The van der Waals surface area contributed by atoms with Crippen LogP contribution in [0.5, 0.6) is 0 Å². The lowest BCUT2D eigenvalue weighted by molar-refractivity contribution is 0.0378. The Bertz CT molecular complexity index is 708. The zero-order valence-electron chi connectivity index (χ0n) is 14.5. The quantitative estimate of drug-likeness (QED) is 0.628. The van der Waals surface area contributed by atoms with Crippen LogP contribution in [0.15, 0.2) is 6.33 Å². The number of hydrogen-bond acceptors (Lipinski definition) is 6. The lowest BCUT2D eigenvalue weighted by Gasteiger charge is -2.26. The van der Waals surface area contributed by atoms with Crippen molar-refractivity contribution in [1.29, 1.82) is 0 Å². The zero-order chi connectivity index (χ0) is 17.1. The fourth-order valence-electron chi connectivity index (χ4n) is 3.80. The van der Waals surface area contributed by atoms with Gasteiger partial charge in [0.1, 0.15) is 0 Å². The predicted molar refractivity (Wildman–Crippen MR) is 98.2 cm³/mol. The number of ether oxygens (including phenoxy) is 1. The molecule has 0 unspecified atom stereocenters. The van der Waals surface area contributed by atoms with Crippen molar-refractivity contribution >= 4 is 28.6 Å². The largest absolute Gasteiger partial charge is 0.379 e. The van der Waals surface area contributed by atoms with Gasteiger partial charge in [0.15, 0.2) is 17.0 Å². The molecule has 2 aromatic rings. The van der Waals surface area contributed by atoms with Crippen molar-refractivity contribution in [2.75, 3.05) is 44.7 Å². The molecule has 0 radical (unpaired) electrons. The van der Waals surface area contributed by atoms with Gasteiger partial charge in [-0.3, -0.25) is 4.90 Å². The van der Waals surface area contributed by atoms with E-state index in [0.29, 0.717) is 6.04 Å². The maximum absolute atomic E-state index is 6.17. The van der Waals surface area contributed by atoms with Gasteiger partial charge < -0.3 is 14.6 Å². The van der Waals surface area contributed by atoms with Gasteiger partial charge >= 0.3 is 0 Å². The minimum absolute atomic E-state index is 0.280. The van der Waals surface area contributed by atoms with Gasteiger partial charge in [0, 0.05) is 25.7 Å². The molecule has 3 heterocycles. The first kappa shape index (κ1) is 17.0. The van der Waals surface area contributed by atoms with Crippen LogP contribution in [0.2, 0.25) is 5.28 Å². The zero-order valence-corrected chi connectivity index (χ0v) is 15.2. The van der Waals surface area contributed by atoms with Crippen LogP contribution >= 0.6 is 11.6 Å². The SMILES string of the molecule is Clc1nc(NCCCN2CCOCC2)c2ncn(C3CCCC3)c2n1. The van der Waals surface area contributed by atoms with E-state index < -0.39 is 0 Å². The maximum atomic E-state index is 6.17. The summed E-state index contributed by atoms with van der Waals surface area (Å²) in [7, 11) is 0. The van der Waals surface area contributed by atoms with Crippen LogP contribution in [0.1, 0.15) is 38.1 Å². The minimum atomic E-state index is 0.280. The third kappa shape index (κ3) is 3.88. The summed E-state index contributed by atoms with van der Waals surface area (Å²) in [6.45, 7) is 5.64. The normalized spacial score (nSPS) is 19.7. The summed E-state index contributed by atoms with van der Waals surface area (Å²) >= 11 is 6.17. The van der Waals surface area contributed by atoms with Crippen LogP contribution in [0, 0.1) is 0 Å². The Kier molecular flexibility index (Phi) is 5.33. The monoisotopic (exact) mass is 364 g/mol. The molecule has 25 heavy (non-hydrogen) atoms. The average molecular weight is 365 g/mol. The highest BCUT2D eigenvalue weighted by atomic mass is 35.5. The number of nitrogens with one attached hydrogen (secondary N) is 1. The van der Waals surface area contributed by atoms with E-state index in [2.05, 4.69) is 29.7 Å². The van der Waals surface area contributed by atoms with Gasteiger partial charge in [-0.05, 0) is 37.4 Å². The first-order valence-electron chi connectivity index (χ1n) is 9.25. The van der Waals surface area contributed by atoms with Crippen molar-refractivity contribution in [3.63, 3.8) is 0 Å². The van der Waals surface area contributed by atoms with E-state index >= 15 is 0 Å². The Hall–Kier alpha value is -1.44. The number of anilines is 1. The summed E-state index contributed by atoms with van der Waals surface area (Å²) in [5.41, 5.74) is 1.67. The summed E-state index contributed by atoms with van der Waals surface area (Å²) < 4.78 is 7.56. The standard InChI is InChI=1S/C17H25ClN6O/c18-17-21-15(19-6-3-7-23-8-10-25-11-9-23)14-16(22-17)24(12-20-14)13-4-1-2-5-13/h12-13H,1-11H2,(H,19,21,22). The molecular weight excluding hydrogens is 340 g/mol. The highest BCUT2D eigenvalue weighted by molar-refractivity contribution is 6.28. The van der Waals surface area contributed by atoms with Crippen molar-refractivity contribution in [3.8, 4) is 0 Å². The third-order valence-electron chi connectivity index (χ3n) is 5.16. The van der Waals surface area contributed by atoms with Crippen LogP contribution in [0.4, 0.5) is 5.82 Å². The molecule has 0 atom stereocenters. The molecule has 1 aliphatic carbocycles. The highest BCUT2D eigenvalue weighted by Gasteiger charge is 2.21. The van der Waals surface area contributed by atoms with Crippen molar-refractivity contribution in [2.45, 2.75) is 38.1 Å². The van der Waals surface area contributed by atoms with Crippen LogP contribution < -0.4 is 5.32 Å². The third-order valence-corrected chi connectivity index (χ3v) is 5.33. The van der Waals surface area contributed by atoms with Crippen molar-refractivity contribution in [1.82, 2.24) is 24.4 Å². The average Bonchev–Trinajstić information content (AvgIpc) is 3.28. The van der Waals surface area contributed by atoms with Crippen LogP contribution in [0.3, 0.4) is 0 Å². The lowest BCUT2D eigenvalue weighted by Crippen LogP contribution is -2.37. The van der Waals surface area contributed by atoms with Crippen molar-refractivity contribution < 1.29 is 4.74 Å². The molecule has 1 N–H and O–H groups in total. The van der Waals surface area contributed by atoms with Gasteiger partial charge in [0.25, 0.3) is 0 Å². The van der Waals surface area contributed by atoms with Gasteiger partial charge in [0.05, 0.1) is 19.5 Å². The number of aromatic nitrogens is 4. The molecule has 0 bridgehead atoms. The van der Waals surface area contributed by atoms with Crippen LogP contribution in [0.25, 0.3) is 11.2 Å². The van der Waals surface area contributed by atoms with E-state index in [9.17, 15) is 0 Å². The summed E-state index contributed by atoms with van der Waals surface area (Å²) in [4.78, 5) is 15.8. The molecule has 2 aromatic heterocycles. The predicted octanol–water partition coefficient (Wildman–Crippen LogP) is 2.73. The molecule has 0 aromatic carbocycles. The number of morpholine rings is 1. The topological polar surface area (TPSA) is 68.1 Å². The number of halogens is 1. The Morgan fingerprint density at radius 3 is 2.80 bits per heavy atom. The van der Waals surface area contributed by atoms with E-state index in [-0.39, 0.29) is 5.28 Å². The molecule has 136 valence electrons. The summed E-state index contributed by atoms with van der Waals surface area (Å²) in [6, 6.07) is 0.491. The molecule has 1 aliphatic heterocycles. The second kappa shape index (κ2) is 7.85. The Morgan fingerprint density at radius 1 is 1.20 bits per heavy atom. The Balaban J connectivity index is 1.42. The van der Waals surface area contributed by atoms with Gasteiger partial charge in [-0.25, -0.2) is 4.98 Å². The van der Waals surface area contributed by atoms with E-state index in [4.69, 9.17) is 16.3 Å². The number of hydrogen-bond donors (Lipinski definition) is 1. The molecule has 4 rings (SSSR count). The summed E-state index contributed by atoms with van der Waals surface area (Å²) in [5, 5.41) is 3.68. The van der Waals surface area contributed by atoms with Crippen LogP contribution in [-0.4, -0.2) is 63.8 Å². The molecule has 8 heteroatoms. The van der Waals surface area contributed by atoms with Crippen molar-refractivity contribution in [3.05, 3.63) is 11.6 Å². The van der Waals surface area contributed by atoms with E-state index in [1.807, 2.05) is 6.33 Å². The number of nitrogens with zero attached hydrogens (tertiary/aromatic N) is 5. The van der Waals surface area contributed by atoms with Gasteiger partial charge in [-0.15, -0.1) is 0 Å². The van der Waals surface area contributed by atoms with Gasteiger partial charge in [-0.2, -0.15) is 9.97 Å². The molecule has 0 spiro atoms. The van der Waals surface area contributed by atoms with Gasteiger partial charge in [0.2, 0.25) is 5.28 Å². The number of fused-ring (bicyclic) bond motifs is 1. The molecule has 1 saturated heterocycles. The smallest absolute Gasteiger partial charge is 0.226 e. The van der Waals surface area contributed by atoms with Gasteiger partial charge in [-0.1, -0.05) is 12.8 Å². The number of imidazole rings is 1. The molecular formula is C17H25ClN6O. The fraction of sp³-hybridized carbons (Fsp3) is 0.706. The fourth-order valence-corrected chi connectivity index (χ4v) is 3.96. The Labute approximate surface area is 152 Å². The van der Waals surface area contributed by atoms with E-state index in [1.165, 1.54) is 25.7 Å². The summed E-state index contributed by atoms with van der Waals surface area (Å²) in [6.07, 6.45) is 7.87. The maximum Gasteiger partial charge on any atom is 0.226 e. The lowest BCUT2D eigenvalue weighted by atomic mass is 10.2. The Morgan fingerprint density at radius 2 is 2.00 bits per heavy atom. The van der Waals surface area contributed by atoms with E-state index in [1.54, 1.807) is 0 Å². The molecule has 7 nitrogen and oxygen atoms in total. The molecule has 1 saturated carbocycles. The first-order valence-corrected chi connectivity index (χ1v) is 9.63. The summed E-state index contributed by atoms with van der Waals surface area (Å²) in [5.74, 6) is 0.744. The minimum Gasteiger partial charge on any atom is -0.379 e. The molecule has 2 aliphatic rings. The second-order valence-electron chi connectivity index (χ2n) is 6.84. The number of rotatable bonds is 6. The van der Waals surface area contributed by atoms with E-state index in [0.717, 1.165) is 62.8 Å². The molecule has 2 fully saturated rings. The second-order valence-corrected chi connectivity index (χ2v) is 7.18. The first-order chi connectivity index (χ1) is 12.3. The van der Waals surface area contributed by atoms with Crippen molar-refractivity contribution in [2.24, 2.45) is 0 Å².